The number of hydrogen-bond donors (Lipinski definition) is 2. The topological polar surface area (TPSA) is 102 Å². The van der Waals surface area contributed by atoms with E-state index in [2.05, 4.69) is 10.6 Å². The van der Waals surface area contributed by atoms with Crippen molar-refractivity contribution < 1.29 is 14.4 Å². The number of benzene rings is 1. The summed E-state index contributed by atoms with van der Waals surface area (Å²) >= 11 is 1.21. The molecule has 4 amide bonds. The number of carbonyl (C=O) groups excluding carboxylic acids is 3. The van der Waals surface area contributed by atoms with Crippen LogP contribution in [0.4, 0.5) is 9.80 Å². The van der Waals surface area contributed by atoms with Crippen molar-refractivity contribution in [3.8, 4) is 6.07 Å². The smallest absolute Gasteiger partial charge is 0.319 e. The first-order chi connectivity index (χ1) is 12.5. The molecule has 0 radical (unpaired) electrons. The maximum absolute atomic E-state index is 13.0. The van der Waals surface area contributed by atoms with E-state index >= 15 is 0 Å². The Labute approximate surface area is 153 Å². The van der Waals surface area contributed by atoms with Gasteiger partial charge in [0.15, 0.2) is 0 Å². The van der Waals surface area contributed by atoms with Crippen LogP contribution in [0.1, 0.15) is 23.1 Å². The molecule has 1 aliphatic carbocycles. The van der Waals surface area contributed by atoms with Crippen LogP contribution in [-0.2, 0) is 21.5 Å². The summed E-state index contributed by atoms with van der Waals surface area (Å²) in [4.78, 5) is 38.6. The summed E-state index contributed by atoms with van der Waals surface area (Å²) in [6.07, 6.45) is 1.18. The van der Waals surface area contributed by atoms with E-state index in [1.807, 2.05) is 30.3 Å². The van der Waals surface area contributed by atoms with Crippen LogP contribution in [0.2, 0.25) is 0 Å². The number of urea groups is 1. The summed E-state index contributed by atoms with van der Waals surface area (Å²) < 4.78 is 0. The van der Waals surface area contributed by atoms with Crippen LogP contribution < -0.4 is 10.6 Å². The summed E-state index contributed by atoms with van der Waals surface area (Å²) in [7, 11) is 0. The predicted molar refractivity (Wildman–Crippen MR) is 94.3 cm³/mol. The molecule has 26 heavy (non-hydrogen) atoms. The van der Waals surface area contributed by atoms with Gasteiger partial charge in [-0.25, -0.2) is 4.79 Å². The second-order valence-electron chi connectivity index (χ2n) is 6.21. The number of imide groups is 1. The number of carbonyl (C=O) groups is 3. The number of aryl methyl sites for hydroxylation is 1. The van der Waals surface area contributed by atoms with E-state index < -0.39 is 29.9 Å². The van der Waals surface area contributed by atoms with Crippen molar-refractivity contribution >= 4 is 34.2 Å². The number of thiophene rings is 1. The van der Waals surface area contributed by atoms with E-state index in [0.717, 1.165) is 16.0 Å². The van der Waals surface area contributed by atoms with Crippen molar-refractivity contribution in [1.29, 1.82) is 5.26 Å². The van der Waals surface area contributed by atoms with Crippen molar-refractivity contribution in [2.75, 3.05) is 11.9 Å². The van der Waals surface area contributed by atoms with Crippen molar-refractivity contribution in [3.63, 3.8) is 0 Å². The first kappa shape index (κ1) is 16.3. The van der Waals surface area contributed by atoms with Gasteiger partial charge in [-0.05, 0) is 35.4 Å². The number of nitrogens with one attached hydrogen (secondary N) is 2. The minimum absolute atomic E-state index is 0.349. The van der Waals surface area contributed by atoms with Crippen molar-refractivity contribution in [3.05, 3.63) is 52.4 Å². The van der Waals surface area contributed by atoms with Crippen LogP contribution >= 0.6 is 11.3 Å². The first-order valence-electron chi connectivity index (χ1n) is 8.05. The molecule has 1 aromatic heterocycles. The highest BCUT2D eigenvalue weighted by atomic mass is 32.1. The Hall–Kier alpha value is -3.18. The molecular formula is C18H14N4O3S. The van der Waals surface area contributed by atoms with E-state index in [1.165, 1.54) is 11.3 Å². The molecule has 0 unspecified atom stereocenters. The molecule has 1 atom stereocenters. The number of fused-ring (bicyclic) bond motifs is 2. The molecule has 4 rings (SSSR count). The molecule has 2 aromatic rings. The van der Waals surface area contributed by atoms with E-state index in [1.54, 1.807) is 11.4 Å². The molecule has 0 saturated carbocycles. The van der Waals surface area contributed by atoms with Crippen LogP contribution in [0.3, 0.4) is 0 Å². The fourth-order valence-electron chi connectivity index (χ4n) is 3.54. The van der Waals surface area contributed by atoms with Gasteiger partial charge >= 0.3 is 6.03 Å². The average molecular weight is 366 g/mol. The molecule has 1 aliphatic heterocycles. The van der Waals surface area contributed by atoms with E-state index in [9.17, 15) is 14.4 Å². The summed E-state index contributed by atoms with van der Waals surface area (Å²) in [5.41, 5.74) is 1.10. The third-order valence-electron chi connectivity index (χ3n) is 4.76. The van der Waals surface area contributed by atoms with Crippen LogP contribution in [-0.4, -0.2) is 29.3 Å². The summed E-state index contributed by atoms with van der Waals surface area (Å²) in [6.45, 7) is -0.392. The standard InChI is InChI=1S/C18H14N4O3S/c19-9-12-6-8-26-15(12)20-14(23)10-22-16(24)18(21-17(22)25)7-5-11-3-1-2-4-13(11)18/h1-4,6,8H,5,7,10H2,(H,20,23)(H,21,25)/t18-/m0/s1. The molecule has 8 heteroatoms. The van der Waals surface area contributed by atoms with Crippen molar-refractivity contribution in [2.45, 2.75) is 18.4 Å². The number of rotatable bonds is 3. The normalized spacial score (nSPS) is 20.8. The van der Waals surface area contributed by atoms with Gasteiger partial charge in [0.05, 0.1) is 5.56 Å². The number of hydrogen-bond acceptors (Lipinski definition) is 5. The van der Waals surface area contributed by atoms with E-state index in [0.29, 0.717) is 23.4 Å². The van der Waals surface area contributed by atoms with Crippen LogP contribution in [0.25, 0.3) is 0 Å². The second-order valence-corrected chi connectivity index (χ2v) is 7.12. The minimum Gasteiger partial charge on any atom is -0.319 e. The molecular weight excluding hydrogens is 352 g/mol. The molecule has 2 heterocycles. The lowest BCUT2D eigenvalue weighted by molar-refractivity contribution is -0.134. The van der Waals surface area contributed by atoms with Crippen LogP contribution in [0, 0.1) is 11.3 Å². The van der Waals surface area contributed by atoms with E-state index in [-0.39, 0.29) is 0 Å². The van der Waals surface area contributed by atoms with Gasteiger partial charge in [0.2, 0.25) is 5.91 Å². The number of nitrogens with zero attached hydrogens (tertiary/aromatic N) is 2. The maximum Gasteiger partial charge on any atom is 0.325 e. The Kier molecular flexibility index (Phi) is 3.74. The number of amides is 4. The zero-order chi connectivity index (χ0) is 18.3. The molecule has 7 nitrogen and oxygen atoms in total. The summed E-state index contributed by atoms with van der Waals surface area (Å²) in [5, 5.41) is 16.5. The van der Waals surface area contributed by atoms with Crippen molar-refractivity contribution in [1.82, 2.24) is 10.2 Å². The third-order valence-corrected chi connectivity index (χ3v) is 5.59. The molecule has 1 spiro atoms. The molecule has 0 bridgehead atoms. The Morgan fingerprint density at radius 3 is 2.96 bits per heavy atom. The molecule has 1 fully saturated rings. The highest BCUT2D eigenvalue weighted by Gasteiger charge is 2.55. The van der Waals surface area contributed by atoms with Crippen molar-refractivity contribution in [2.24, 2.45) is 0 Å². The van der Waals surface area contributed by atoms with Gasteiger partial charge < -0.3 is 10.6 Å². The molecule has 2 aliphatic rings. The van der Waals surface area contributed by atoms with Gasteiger partial charge in [0, 0.05) is 0 Å². The first-order valence-corrected chi connectivity index (χ1v) is 8.93. The largest absolute Gasteiger partial charge is 0.325 e. The second kappa shape index (κ2) is 5.97. The Morgan fingerprint density at radius 2 is 2.15 bits per heavy atom. The van der Waals surface area contributed by atoms with Gasteiger partial charge in [-0.3, -0.25) is 14.5 Å². The summed E-state index contributed by atoms with van der Waals surface area (Å²) in [6, 6.07) is 10.5. The lowest BCUT2D eigenvalue weighted by Gasteiger charge is -2.22. The van der Waals surface area contributed by atoms with Gasteiger partial charge in [-0.15, -0.1) is 11.3 Å². The minimum atomic E-state index is -1.07. The van der Waals surface area contributed by atoms with Crippen LogP contribution in [0.15, 0.2) is 35.7 Å². The molecule has 1 saturated heterocycles. The van der Waals surface area contributed by atoms with Gasteiger partial charge in [-0.1, -0.05) is 24.3 Å². The van der Waals surface area contributed by atoms with Gasteiger partial charge in [0.25, 0.3) is 5.91 Å². The zero-order valence-electron chi connectivity index (χ0n) is 13.6. The Balaban J connectivity index is 1.54. The fourth-order valence-corrected chi connectivity index (χ4v) is 4.29. The molecule has 1 aromatic carbocycles. The number of anilines is 1. The van der Waals surface area contributed by atoms with E-state index in [4.69, 9.17) is 5.26 Å². The SMILES string of the molecule is N#Cc1ccsc1NC(=O)CN1C(=O)N[C@]2(CCc3ccccc32)C1=O. The third kappa shape index (κ3) is 2.36. The quantitative estimate of drug-likeness (QED) is 0.811. The van der Waals surface area contributed by atoms with Crippen LogP contribution in [0.5, 0.6) is 0 Å². The zero-order valence-corrected chi connectivity index (χ0v) is 14.4. The maximum atomic E-state index is 13.0. The van der Waals surface area contributed by atoms with Gasteiger partial charge in [0.1, 0.15) is 23.2 Å². The predicted octanol–water partition coefficient (Wildman–Crippen LogP) is 1.95. The Morgan fingerprint density at radius 1 is 1.35 bits per heavy atom. The lowest BCUT2D eigenvalue weighted by Crippen LogP contribution is -2.42. The highest BCUT2D eigenvalue weighted by Crippen LogP contribution is 2.41. The summed E-state index contributed by atoms with van der Waals surface area (Å²) in [5.74, 6) is -0.926. The molecule has 130 valence electrons. The fraction of sp³-hybridized carbons (Fsp3) is 0.222. The average Bonchev–Trinajstić information content (AvgIpc) is 3.30. The van der Waals surface area contributed by atoms with Gasteiger partial charge in [-0.2, -0.15) is 5.26 Å². The Bertz CT molecular complexity index is 977. The highest BCUT2D eigenvalue weighted by molar-refractivity contribution is 7.14. The lowest BCUT2D eigenvalue weighted by atomic mass is 9.92. The number of nitriles is 1. The monoisotopic (exact) mass is 366 g/mol. The molecule has 2 N–H and O–H groups in total.